The summed E-state index contributed by atoms with van der Waals surface area (Å²) in [4.78, 5) is 13.6. The van der Waals surface area contributed by atoms with Gasteiger partial charge in [-0.05, 0) is 95.0 Å². The zero-order valence-corrected chi connectivity index (χ0v) is 22.9. The molecule has 0 aromatic rings. The van der Waals surface area contributed by atoms with Crippen LogP contribution in [0.4, 0.5) is 0 Å². The van der Waals surface area contributed by atoms with Crippen LogP contribution >= 0.6 is 0 Å². The van der Waals surface area contributed by atoms with E-state index < -0.39 is 22.7 Å². The zero-order chi connectivity index (χ0) is 26.2. The number of allylic oxidation sites excluding steroid dienone is 3. The lowest BCUT2D eigenvalue weighted by Gasteiger charge is -2.62. The van der Waals surface area contributed by atoms with E-state index in [0.717, 1.165) is 36.8 Å². The third kappa shape index (κ3) is 4.00. The third-order valence-corrected chi connectivity index (χ3v) is 11.4. The molecule has 4 fully saturated rings. The maximum Gasteiger partial charge on any atom is 0.160 e. The molecule has 35 heavy (non-hydrogen) atoms. The number of rotatable bonds is 4. The topological polar surface area (TPSA) is 98.0 Å². The van der Waals surface area contributed by atoms with Gasteiger partial charge in [-0.2, -0.15) is 0 Å². The second-order valence-corrected chi connectivity index (χ2v) is 14.0. The van der Waals surface area contributed by atoms with Crippen molar-refractivity contribution in [3.05, 3.63) is 23.3 Å². The Labute approximate surface area is 211 Å². The summed E-state index contributed by atoms with van der Waals surface area (Å²) < 4.78 is 0. The second-order valence-electron chi connectivity index (χ2n) is 14.0. The predicted molar refractivity (Wildman–Crippen MR) is 137 cm³/mol. The molecule has 0 heterocycles. The number of carbonyl (C=O) groups is 1. The maximum absolute atomic E-state index is 13.6. The summed E-state index contributed by atoms with van der Waals surface area (Å²) >= 11 is 0. The Morgan fingerprint density at radius 1 is 1.06 bits per heavy atom. The molecule has 198 valence electrons. The molecule has 0 aromatic carbocycles. The first-order valence-corrected chi connectivity index (χ1v) is 13.7. The molecule has 1 unspecified atom stereocenters. The van der Waals surface area contributed by atoms with Gasteiger partial charge < -0.3 is 20.4 Å². The molecule has 0 spiro atoms. The quantitative estimate of drug-likeness (QED) is 0.435. The first kappa shape index (κ1) is 27.0. The van der Waals surface area contributed by atoms with Gasteiger partial charge in [-0.25, -0.2) is 0 Å². The Morgan fingerprint density at radius 3 is 2.31 bits per heavy atom. The van der Waals surface area contributed by atoms with Crippen LogP contribution in [0.15, 0.2) is 23.3 Å². The normalized spacial score (nSPS) is 49.9. The monoisotopic (exact) mass is 488 g/mol. The smallest absolute Gasteiger partial charge is 0.160 e. The van der Waals surface area contributed by atoms with Crippen molar-refractivity contribution in [2.75, 3.05) is 6.61 Å². The first-order valence-electron chi connectivity index (χ1n) is 13.7. The predicted octanol–water partition coefficient (Wildman–Crippen LogP) is 4.57. The highest BCUT2D eigenvalue weighted by molar-refractivity contribution is 6.00. The molecule has 4 saturated carbocycles. The lowest BCUT2D eigenvalue weighted by molar-refractivity contribution is -0.178. The van der Waals surface area contributed by atoms with Gasteiger partial charge >= 0.3 is 0 Å². The summed E-state index contributed by atoms with van der Waals surface area (Å²) in [7, 11) is 0. The van der Waals surface area contributed by atoms with Crippen LogP contribution in [0.3, 0.4) is 0 Å². The van der Waals surface area contributed by atoms with E-state index >= 15 is 0 Å². The fourth-order valence-corrected chi connectivity index (χ4v) is 9.30. The van der Waals surface area contributed by atoms with Gasteiger partial charge in [-0.15, -0.1) is 0 Å². The molecule has 5 nitrogen and oxygen atoms in total. The van der Waals surface area contributed by atoms with Crippen LogP contribution in [0.2, 0.25) is 0 Å². The standard InChI is InChI=1S/C30H48O5/c1-18(8-9-20-19(26(2,3)34)10-15-30(20,7)35)25-21(32)16-23-27(4)14-12-24(33)29(6,17-31)22(27)11-13-28(23,25)5/h8-9,19-20,22-24,31,33-35H,10-17H2,1-7H3/b9-8+,25-18+/t19-,20+,22?,23-,24-,27-,28-,29+,30+/m0/s1. The molecule has 0 saturated heterocycles. The highest BCUT2D eigenvalue weighted by Crippen LogP contribution is 2.69. The van der Waals surface area contributed by atoms with Gasteiger partial charge in [0.1, 0.15) is 0 Å². The lowest BCUT2D eigenvalue weighted by atomic mass is 9.43. The van der Waals surface area contributed by atoms with E-state index in [1.54, 1.807) is 0 Å². The largest absolute Gasteiger partial charge is 0.396 e. The zero-order valence-electron chi connectivity index (χ0n) is 22.9. The van der Waals surface area contributed by atoms with Crippen molar-refractivity contribution >= 4 is 5.78 Å². The van der Waals surface area contributed by atoms with Crippen molar-refractivity contribution in [2.45, 2.75) is 111 Å². The summed E-state index contributed by atoms with van der Waals surface area (Å²) in [5, 5.41) is 42.8. The minimum atomic E-state index is -0.880. The summed E-state index contributed by atoms with van der Waals surface area (Å²) in [5.74, 6) is 0.392. The van der Waals surface area contributed by atoms with Crippen molar-refractivity contribution in [3.63, 3.8) is 0 Å². The van der Waals surface area contributed by atoms with Crippen LogP contribution in [0.5, 0.6) is 0 Å². The van der Waals surface area contributed by atoms with Gasteiger partial charge in [0.25, 0.3) is 0 Å². The van der Waals surface area contributed by atoms with E-state index in [-0.39, 0.29) is 46.9 Å². The molecule has 5 heteroatoms. The molecule has 0 radical (unpaired) electrons. The van der Waals surface area contributed by atoms with Gasteiger partial charge in [-0.3, -0.25) is 4.79 Å². The Bertz CT molecular complexity index is 926. The van der Waals surface area contributed by atoms with Gasteiger partial charge in [-0.1, -0.05) is 32.9 Å². The van der Waals surface area contributed by atoms with Gasteiger partial charge in [0.05, 0.1) is 23.9 Å². The number of hydrogen-bond acceptors (Lipinski definition) is 5. The van der Waals surface area contributed by atoms with Crippen LogP contribution in [0, 0.1) is 39.9 Å². The van der Waals surface area contributed by atoms with Crippen LogP contribution in [-0.2, 0) is 4.79 Å². The minimum Gasteiger partial charge on any atom is -0.396 e. The first-order chi connectivity index (χ1) is 16.0. The second kappa shape index (κ2) is 8.51. The number of Topliss-reactive ketones (excluding diaryl/α,β-unsaturated/α-hetero) is 1. The molecule has 0 amide bonds. The minimum absolute atomic E-state index is 0.0278. The number of aliphatic hydroxyl groups is 4. The van der Waals surface area contributed by atoms with Crippen molar-refractivity contribution in [2.24, 2.45) is 39.9 Å². The summed E-state index contributed by atoms with van der Waals surface area (Å²) in [6, 6.07) is 0. The number of fused-ring (bicyclic) bond motifs is 3. The average Bonchev–Trinajstić information content (AvgIpc) is 3.21. The highest BCUT2D eigenvalue weighted by Gasteiger charge is 2.65. The average molecular weight is 489 g/mol. The Kier molecular flexibility index (Phi) is 6.57. The molecule has 4 rings (SSSR count). The molecule has 0 aliphatic heterocycles. The van der Waals surface area contributed by atoms with E-state index in [0.29, 0.717) is 19.3 Å². The number of carbonyl (C=O) groups excluding carboxylic acids is 1. The van der Waals surface area contributed by atoms with Crippen molar-refractivity contribution in [1.82, 2.24) is 0 Å². The van der Waals surface area contributed by atoms with Crippen LogP contribution in [0.25, 0.3) is 0 Å². The number of ketones is 1. The third-order valence-electron chi connectivity index (χ3n) is 11.4. The molecule has 4 aliphatic carbocycles. The fraction of sp³-hybridized carbons (Fsp3) is 0.833. The lowest BCUT2D eigenvalue weighted by Crippen LogP contribution is -2.59. The number of aliphatic hydroxyl groups excluding tert-OH is 2. The highest BCUT2D eigenvalue weighted by atomic mass is 16.3. The number of hydrogen-bond donors (Lipinski definition) is 4. The molecular weight excluding hydrogens is 440 g/mol. The summed E-state index contributed by atoms with van der Waals surface area (Å²) in [6.07, 6.45) is 8.82. The Hall–Kier alpha value is -1.01. The van der Waals surface area contributed by atoms with Crippen LogP contribution in [-0.4, -0.2) is 50.1 Å². The molecule has 9 atom stereocenters. The summed E-state index contributed by atoms with van der Waals surface area (Å²) in [6.45, 7) is 14.1. The molecular formula is C30H48O5. The molecule has 4 aliphatic rings. The van der Waals surface area contributed by atoms with Gasteiger partial charge in [0, 0.05) is 28.7 Å². The van der Waals surface area contributed by atoms with E-state index in [1.807, 2.05) is 46.8 Å². The Balaban J connectivity index is 1.69. The van der Waals surface area contributed by atoms with E-state index in [2.05, 4.69) is 13.8 Å². The molecule has 4 N–H and O–H groups in total. The fourth-order valence-electron chi connectivity index (χ4n) is 9.30. The van der Waals surface area contributed by atoms with Crippen molar-refractivity contribution in [1.29, 1.82) is 0 Å². The van der Waals surface area contributed by atoms with E-state index in [1.165, 1.54) is 0 Å². The van der Waals surface area contributed by atoms with E-state index in [9.17, 15) is 25.2 Å². The van der Waals surface area contributed by atoms with Gasteiger partial charge in [0.2, 0.25) is 0 Å². The maximum atomic E-state index is 13.6. The molecule has 0 bridgehead atoms. The summed E-state index contributed by atoms with van der Waals surface area (Å²) in [5.41, 5.74) is -0.724. The van der Waals surface area contributed by atoms with Crippen molar-refractivity contribution in [3.8, 4) is 0 Å². The van der Waals surface area contributed by atoms with Crippen LogP contribution < -0.4 is 0 Å². The Morgan fingerprint density at radius 2 is 1.71 bits per heavy atom. The van der Waals surface area contributed by atoms with E-state index in [4.69, 9.17) is 0 Å². The molecule has 0 aromatic heterocycles. The SMILES string of the molecule is CC(/C=C/[C@@H]1[C@@H](C(C)(C)O)CC[C@@]1(C)O)=C1/C(=O)C[C@H]2[C@@]3(C)CC[C@H](O)[C@](C)(CO)C3CC[C@]12C. The van der Waals surface area contributed by atoms with Crippen LogP contribution in [0.1, 0.15) is 93.4 Å². The van der Waals surface area contributed by atoms with Gasteiger partial charge in [0.15, 0.2) is 5.78 Å². The van der Waals surface area contributed by atoms with Crippen molar-refractivity contribution < 1.29 is 25.2 Å².